The molecule has 0 spiro atoms. The maximum Gasteiger partial charge on any atom is 0.265 e. The Hall–Kier alpha value is -3.35. The van der Waals surface area contributed by atoms with E-state index >= 15 is 0 Å². The smallest absolute Gasteiger partial charge is 0.265 e. The van der Waals surface area contributed by atoms with Gasteiger partial charge in [-0.1, -0.05) is 59.6 Å². The lowest BCUT2D eigenvalue weighted by molar-refractivity contribution is -0.133. The van der Waals surface area contributed by atoms with Crippen molar-refractivity contribution in [3.05, 3.63) is 76.3 Å². The average molecular weight is 648 g/mol. The van der Waals surface area contributed by atoms with Crippen molar-refractivity contribution >= 4 is 56.4 Å². The molecule has 5 rings (SSSR count). The molecule has 0 saturated carbocycles. The second-order valence-electron chi connectivity index (χ2n) is 10.5. The van der Waals surface area contributed by atoms with Gasteiger partial charge in [-0.25, -0.2) is 8.42 Å². The molecule has 10 nitrogen and oxygen atoms in total. The molecule has 228 valence electrons. The molecule has 2 aliphatic heterocycles. The van der Waals surface area contributed by atoms with Crippen molar-refractivity contribution in [2.45, 2.75) is 6.04 Å². The lowest BCUT2D eigenvalue weighted by Crippen LogP contribution is -2.48. The Kier molecular flexibility index (Phi) is 9.48. The molecule has 0 radical (unpaired) electrons. The summed E-state index contributed by atoms with van der Waals surface area (Å²) in [4.78, 5) is 32.0. The number of fused-ring (bicyclic) bond motifs is 1. The molecule has 13 heteroatoms. The molecule has 1 saturated heterocycles. The second kappa shape index (κ2) is 13.1. The van der Waals surface area contributed by atoms with Gasteiger partial charge < -0.3 is 14.4 Å². The first-order chi connectivity index (χ1) is 20.5. The molecule has 0 aliphatic carbocycles. The number of morpholine rings is 1. The highest BCUT2D eigenvalue weighted by Crippen LogP contribution is 2.39. The van der Waals surface area contributed by atoms with Crippen molar-refractivity contribution in [1.82, 2.24) is 9.80 Å². The van der Waals surface area contributed by atoms with Gasteiger partial charge in [0.15, 0.2) is 6.61 Å². The number of hydrogen-bond donors (Lipinski definition) is 1. The number of nitrogens with zero attached hydrogens (tertiary/aromatic N) is 3. The summed E-state index contributed by atoms with van der Waals surface area (Å²) in [5.41, 5.74) is 3.20. The minimum Gasteiger partial charge on any atom is -0.482 e. The Bertz CT molecular complexity index is 1630. The third-order valence-corrected chi connectivity index (χ3v) is 8.75. The molecule has 1 fully saturated rings. The highest BCUT2D eigenvalue weighted by atomic mass is 35.5. The normalized spacial score (nSPS) is 16.3. The highest BCUT2D eigenvalue weighted by molar-refractivity contribution is 7.92. The first-order valence-electron chi connectivity index (χ1n) is 13.7. The van der Waals surface area contributed by atoms with Gasteiger partial charge in [0.25, 0.3) is 5.91 Å². The van der Waals surface area contributed by atoms with Crippen LogP contribution in [0.4, 0.5) is 11.4 Å². The van der Waals surface area contributed by atoms with Crippen molar-refractivity contribution in [2.75, 3.05) is 68.9 Å². The first kappa shape index (κ1) is 31.1. The number of benzene rings is 3. The molecule has 3 aromatic carbocycles. The molecule has 2 aliphatic rings. The first-order valence-corrected chi connectivity index (χ1v) is 16.3. The van der Waals surface area contributed by atoms with E-state index in [-0.39, 0.29) is 41.1 Å². The van der Waals surface area contributed by atoms with Crippen LogP contribution in [0.3, 0.4) is 0 Å². The number of para-hydroxylation sites is 1. The van der Waals surface area contributed by atoms with E-state index in [0.29, 0.717) is 55.5 Å². The SMILES string of the molecule is CN(C(=O)CN1C(=O)COc2cc(Cl)c(Cl)cc21)C(CN1CCOCC1)c1cccc(-c2ccccc2NS(C)(=O)=O)c1. The number of sulfonamides is 1. The zero-order chi connectivity index (χ0) is 30.7. The van der Waals surface area contributed by atoms with Crippen molar-refractivity contribution < 1.29 is 27.5 Å². The Morgan fingerprint density at radius 2 is 1.77 bits per heavy atom. The van der Waals surface area contributed by atoms with E-state index in [1.54, 1.807) is 24.1 Å². The molecule has 2 heterocycles. The van der Waals surface area contributed by atoms with E-state index in [4.69, 9.17) is 32.7 Å². The minimum atomic E-state index is -3.50. The molecule has 0 aromatic heterocycles. The molecular formula is C30H32Cl2N4O6S. The fourth-order valence-electron chi connectivity index (χ4n) is 5.21. The monoisotopic (exact) mass is 646 g/mol. The number of carbonyl (C=O) groups is 2. The van der Waals surface area contributed by atoms with Crippen molar-refractivity contribution in [3.8, 4) is 16.9 Å². The minimum absolute atomic E-state index is 0.218. The largest absolute Gasteiger partial charge is 0.482 e. The fourth-order valence-corrected chi connectivity index (χ4v) is 6.10. The lowest BCUT2D eigenvalue weighted by atomic mass is 9.97. The second-order valence-corrected chi connectivity index (χ2v) is 13.0. The number of nitrogens with one attached hydrogen (secondary N) is 1. The quantitative estimate of drug-likeness (QED) is 0.369. The van der Waals surface area contributed by atoms with E-state index in [1.807, 2.05) is 36.4 Å². The van der Waals surface area contributed by atoms with Crippen LogP contribution in [-0.2, 0) is 24.3 Å². The average Bonchev–Trinajstić information content (AvgIpc) is 2.98. The molecular weight excluding hydrogens is 615 g/mol. The number of carbonyl (C=O) groups excluding carboxylic acids is 2. The number of halogens is 2. The summed E-state index contributed by atoms with van der Waals surface area (Å²) in [6.45, 7) is 2.72. The summed E-state index contributed by atoms with van der Waals surface area (Å²) >= 11 is 12.4. The van der Waals surface area contributed by atoms with E-state index in [2.05, 4.69) is 9.62 Å². The molecule has 1 unspecified atom stereocenters. The standard InChI is InChI=1S/C30H32Cl2N4O6S/c1-34(29(37)18-36-26-15-23(31)24(32)16-28(26)42-19-30(36)38)27(17-35-10-12-41-13-11-35)21-7-5-6-20(14-21)22-8-3-4-9-25(22)33-43(2,39)40/h3-9,14-16,27,33H,10-13,17-19H2,1-2H3. The fraction of sp³-hybridized carbons (Fsp3) is 0.333. The van der Waals surface area contributed by atoms with Gasteiger partial charge in [-0.2, -0.15) is 0 Å². The topological polar surface area (TPSA) is 108 Å². The third kappa shape index (κ3) is 7.42. The summed E-state index contributed by atoms with van der Waals surface area (Å²) in [6.07, 6.45) is 1.11. The predicted molar refractivity (Wildman–Crippen MR) is 167 cm³/mol. The Morgan fingerprint density at radius 1 is 1.05 bits per heavy atom. The predicted octanol–water partition coefficient (Wildman–Crippen LogP) is 4.29. The summed E-state index contributed by atoms with van der Waals surface area (Å²) in [5.74, 6) is -0.271. The van der Waals surface area contributed by atoms with Crippen LogP contribution in [0.5, 0.6) is 5.75 Å². The van der Waals surface area contributed by atoms with Crippen LogP contribution >= 0.6 is 23.2 Å². The number of anilines is 2. The maximum atomic E-state index is 13.9. The molecule has 0 bridgehead atoms. The van der Waals surface area contributed by atoms with Crippen LogP contribution in [0.2, 0.25) is 10.0 Å². The van der Waals surface area contributed by atoms with Gasteiger partial charge in [-0.05, 0) is 29.3 Å². The van der Waals surface area contributed by atoms with E-state index in [0.717, 1.165) is 17.4 Å². The van der Waals surface area contributed by atoms with Crippen molar-refractivity contribution in [1.29, 1.82) is 0 Å². The third-order valence-electron chi connectivity index (χ3n) is 7.44. The van der Waals surface area contributed by atoms with E-state index in [1.165, 1.54) is 17.0 Å². The van der Waals surface area contributed by atoms with Crippen molar-refractivity contribution in [2.24, 2.45) is 0 Å². The van der Waals surface area contributed by atoms with Gasteiger partial charge in [-0.3, -0.25) is 24.1 Å². The zero-order valence-corrected chi connectivity index (χ0v) is 26.1. The zero-order valence-electron chi connectivity index (χ0n) is 23.8. The Balaban J connectivity index is 1.46. The highest BCUT2D eigenvalue weighted by Gasteiger charge is 2.32. The van der Waals surface area contributed by atoms with Gasteiger partial charge >= 0.3 is 0 Å². The van der Waals surface area contributed by atoms with Crippen LogP contribution in [0.25, 0.3) is 11.1 Å². The van der Waals surface area contributed by atoms with E-state index < -0.39 is 10.0 Å². The summed E-state index contributed by atoms with van der Waals surface area (Å²) in [5, 5.41) is 0.536. The molecule has 1 N–H and O–H groups in total. The van der Waals surface area contributed by atoms with E-state index in [9.17, 15) is 18.0 Å². The number of ether oxygens (including phenoxy) is 2. The van der Waals surface area contributed by atoms with Gasteiger partial charge in [0, 0.05) is 38.3 Å². The number of rotatable bonds is 9. The van der Waals surface area contributed by atoms with Gasteiger partial charge in [0.1, 0.15) is 12.3 Å². The van der Waals surface area contributed by atoms with Crippen LogP contribution in [-0.4, -0.2) is 89.3 Å². The Labute approximate surface area is 261 Å². The van der Waals surface area contributed by atoms with Gasteiger partial charge in [-0.15, -0.1) is 0 Å². The van der Waals surface area contributed by atoms with Crippen LogP contribution in [0.15, 0.2) is 60.7 Å². The lowest BCUT2D eigenvalue weighted by Gasteiger charge is -2.37. The summed E-state index contributed by atoms with van der Waals surface area (Å²) in [7, 11) is -1.78. The van der Waals surface area contributed by atoms with Crippen LogP contribution in [0, 0.1) is 0 Å². The maximum absolute atomic E-state index is 13.9. The van der Waals surface area contributed by atoms with Gasteiger partial charge in [0.2, 0.25) is 15.9 Å². The molecule has 1 atom stereocenters. The van der Waals surface area contributed by atoms with Gasteiger partial charge in [0.05, 0.1) is 46.9 Å². The van der Waals surface area contributed by atoms with Crippen molar-refractivity contribution in [3.63, 3.8) is 0 Å². The molecule has 3 aromatic rings. The summed E-state index contributed by atoms with van der Waals surface area (Å²) < 4.78 is 37.7. The summed E-state index contributed by atoms with van der Waals surface area (Å²) in [6, 6.07) is 17.5. The Morgan fingerprint density at radius 3 is 2.51 bits per heavy atom. The van der Waals surface area contributed by atoms with Crippen LogP contribution < -0.4 is 14.4 Å². The van der Waals surface area contributed by atoms with Crippen LogP contribution in [0.1, 0.15) is 11.6 Å². The molecule has 43 heavy (non-hydrogen) atoms. The number of hydrogen-bond acceptors (Lipinski definition) is 7. The molecule has 2 amide bonds. The number of likely N-dealkylation sites (N-methyl/N-ethyl adjacent to an activating group) is 1. The number of amides is 2.